The molecule has 1 atom stereocenters. The highest BCUT2D eigenvalue weighted by atomic mass is 35.5. The maximum atomic E-state index is 13.1. The zero-order valence-electron chi connectivity index (χ0n) is 17.4. The van der Waals surface area contributed by atoms with E-state index in [1.54, 1.807) is 31.2 Å². The van der Waals surface area contributed by atoms with Gasteiger partial charge in [0, 0.05) is 23.8 Å². The lowest BCUT2D eigenvalue weighted by Crippen LogP contribution is -2.42. The molecule has 9 heteroatoms. The fraction of sp³-hybridized carbons (Fsp3) is 0.364. The van der Waals surface area contributed by atoms with Crippen LogP contribution in [0.2, 0.25) is 5.02 Å². The lowest BCUT2D eigenvalue weighted by molar-refractivity contribution is -0.133. The van der Waals surface area contributed by atoms with Crippen LogP contribution in [-0.4, -0.2) is 39.4 Å². The van der Waals surface area contributed by atoms with Gasteiger partial charge in [-0.15, -0.1) is 11.3 Å². The van der Waals surface area contributed by atoms with Crippen molar-refractivity contribution >= 4 is 50.7 Å². The van der Waals surface area contributed by atoms with Gasteiger partial charge in [-0.2, -0.15) is 0 Å². The number of hydrogen-bond donors (Lipinski definition) is 1. The first-order valence-corrected chi connectivity index (χ1v) is 11.4. The van der Waals surface area contributed by atoms with Crippen molar-refractivity contribution in [3.63, 3.8) is 0 Å². The minimum Gasteiger partial charge on any atom is -0.341 e. The molecule has 0 unspecified atom stereocenters. The van der Waals surface area contributed by atoms with Gasteiger partial charge in [0.1, 0.15) is 11.4 Å². The summed E-state index contributed by atoms with van der Waals surface area (Å²) in [5, 5.41) is 3.78. The van der Waals surface area contributed by atoms with E-state index in [4.69, 9.17) is 11.6 Å². The Morgan fingerprint density at radius 2 is 2.03 bits per heavy atom. The Labute approximate surface area is 188 Å². The van der Waals surface area contributed by atoms with Gasteiger partial charge in [0.15, 0.2) is 0 Å². The molecule has 1 fully saturated rings. The molecule has 1 aromatic carbocycles. The van der Waals surface area contributed by atoms with Gasteiger partial charge in [-0.25, -0.2) is 4.98 Å². The zero-order chi connectivity index (χ0) is 22.1. The predicted molar refractivity (Wildman–Crippen MR) is 123 cm³/mol. The van der Waals surface area contributed by atoms with Crippen molar-refractivity contribution in [3.05, 3.63) is 56.4 Å². The number of halogens is 1. The topological polar surface area (TPSA) is 84.3 Å². The SMILES string of the molecule is Cc1c(C(=O)Nc2ccc(Cl)cc2)sc2ncn(CC(=O)N3CCC[C@H](C)C3)c(=O)c12. The van der Waals surface area contributed by atoms with Crippen molar-refractivity contribution in [1.82, 2.24) is 14.5 Å². The van der Waals surface area contributed by atoms with Crippen LogP contribution in [-0.2, 0) is 11.3 Å². The van der Waals surface area contributed by atoms with Gasteiger partial charge in [-0.1, -0.05) is 18.5 Å². The fourth-order valence-corrected chi connectivity index (χ4v) is 5.03. The van der Waals surface area contributed by atoms with Crippen LogP contribution < -0.4 is 10.9 Å². The van der Waals surface area contributed by atoms with E-state index in [-0.39, 0.29) is 23.9 Å². The van der Waals surface area contributed by atoms with Gasteiger partial charge in [-0.05, 0) is 55.5 Å². The third kappa shape index (κ3) is 4.50. The number of aromatic nitrogens is 2. The quantitative estimate of drug-likeness (QED) is 0.642. The van der Waals surface area contributed by atoms with Crippen LogP contribution in [0.4, 0.5) is 5.69 Å². The normalized spacial score (nSPS) is 16.5. The molecule has 1 aliphatic heterocycles. The highest BCUT2D eigenvalue weighted by molar-refractivity contribution is 7.20. The Bertz CT molecular complexity index is 1200. The lowest BCUT2D eigenvalue weighted by Gasteiger charge is -2.31. The molecule has 1 N–H and O–H groups in total. The molecule has 4 rings (SSSR count). The van der Waals surface area contributed by atoms with Crippen LogP contribution in [0.15, 0.2) is 35.4 Å². The van der Waals surface area contributed by atoms with Crippen molar-refractivity contribution in [1.29, 1.82) is 0 Å². The van der Waals surface area contributed by atoms with Crippen molar-refractivity contribution in [2.75, 3.05) is 18.4 Å². The number of hydrogen-bond acceptors (Lipinski definition) is 5. The number of aryl methyl sites for hydroxylation is 1. The van der Waals surface area contributed by atoms with Crippen molar-refractivity contribution in [3.8, 4) is 0 Å². The average molecular weight is 459 g/mol. The summed E-state index contributed by atoms with van der Waals surface area (Å²) in [5.41, 5.74) is 0.873. The van der Waals surface area contributed by atoms with E-state index in [2.05, 4.69) is 17.2 Å². The number of piperidine rings is 1. The van der Waals surface area contributed by atoms with Gasteiger partial charge in [0.05, 0.1) is 16.6 Å². The molecule has 3 aromatic rings. The van der Waals surface area contributed by atoms with Crippen LogP contribution in [0.1, 0.15) is 35.0 Å². The number of thiophene rings is 1. The van der Waals surface area contributed by atoms with Gasteiger partial charge in [0.25, 0.3) is 11.5 Å². The van der Waals surface area contributed by atoms with Gasteiger partial charge < -0.3 is 10.2 Å². The molecule has 0 aliphatic carbocycles. The molecule has 1 aliphatic rings. The van der Waals surface area contributed by atoms with E-state index in [0.717, 1.165) is 25.9 Å². The van der Waals surface area contributed by atoms with E-state index < -0.39 is 0 Å². The number of carbonyl (C=O) groups excluding carboxylic acids is 2. The van der Waals surface area contributed by atoms with E-state index in [0.29, 0.717) is 37.3 Å². The third-order valence-corrected chi connectivity index (χ3v) is 6.99. The first-order chi connectivity index (χ1) is 14.8. The number of anilines is 1. The molecular weight excluding hydrogens is 436 g/mol. The second-order valence-electron chi connectivity index (χ2n) is 7.96. The number of likely N-dealkylation sites (tertiary alicyclic amines) is 1. The second kappa shape index (κ2) is 8.80. The summed E-state index contributed by atoms with van der Waals surface area (Å²) in [6, 6.07) is 6.80. The van der Waals surface area contributed by atoms with E-state index in [1.165, 1.54) is 22.2 Å². The van der Waals surface area contributed by atoms with E-state index in [1.807, 2.05) is 4.90 Å². The maximum Gasteiger partial charge on any atom is 0.266 e. The average Bonchev–Trinajstić information content (AvgIpc) is 3.09. The molecule has 3 heterocycles. The molecule has 0 saturated carbocycles. The Morgan fingerprint density at radius 1 is 1.29 bits per heavy atom. The number of nitrogens with one attached hydrogen (secondary N) is 1. The zero-order valence-corrected chi connectivity index (χ0v) is 18.9. The smallest absolute Gasteiger partial charge is 0.266 e. The minimum atomic E-state index is -0.313. The number of benzene rings is 1. The molecule has 31 heavy (non-hydrogen) atoms. The van der Waals surface area contributed by atoms with Crippen LogP contribution in [0.5, 0.6) is 0 Å². The minimum absolute atomic E-state index is 0.0456. The summed E-state index contributed by atoms with van der Waals surface area (Å²) in [5.74, 6) is 0.0754. The fourth-order valence-electron chi connectivity index (χ4n) is 3.87. The summed E-state index contributed by atoms with van der Waals surface area (Å²) in [4.78, 5) is 45.6. The van der Waals surface area contributed by atoms with Crippen LogP contribution in [0.25, 0.3) is 10.2 Å². The molecule has 1 saturated heterocycles. The van der Waals surface area contributed by atoms with Crippen molar-refractivity contribution < 1.29 is 9.59 Å². The van der Waals surface area contributed by atoms with Crippen LogP contribution in [0, 0.1) is 12.8 Å². The first kappa shape index (κ1) is 21.5. The molecule has 2 amide bonds. The number of amides is 2. The number of nitrogens with zero attached hydrogens (tertiary/aromatic N) is 3. The summed E-state index contributed by atoms with van der Waals surface area (Å²) in [7, 11) is 0. The van der Waals surface area contributed by atoms with Crippen molar-refractivity contribution in [2.45, 2.75) is 33.2 Å². The molecule has 0 bridgehead atoms. The Balaban J connectivity index is 1.58. The molecule has 162 valence electrons. The summed E-state index contributed by atoms with van der Waals surface area (Å²) < 4.78 is 1.34. The number of carbonyl (C=O) groups is 2. The second-order valence-corrected chi connectivity index (χ2v) is 9.40. The molecule has 2 aromatic heterocycles. The lowest BCUT2D eigenvalue weighted by atomic mass is 10.0. The third-order valence-electron chi connectivity index (χ3n) is 5.54. The highest BCUT2D eigenvalue weighted by Crippen LogP contribution is 2.28. The summed E-state index contributed by atoms with van der Waals surface area (Å²) >= 11 is 7.05. The summed E-state index contributed by atoms with van der Waals surface area (Å²) in [6.45, 7) is 5.26. The van der Waals surface area contributed by atoms with Gasteiger partial charge >= 0.3 is 0 Å². The number of rotatable bonds is 4. The maximum absolute atomic E-state index is 13.1. The van der Waals surface area contributed by atoms with Crippen LogP contribution in [0.3, 0.4) is 0 Å². The van der Waals surface area contributed by atoms with Crippen molar-refractivity contribution in [2.24, 2.45) is 5.92 Å². The van der Waals surface area contributed by atoms with Crippen LogP contribution >= 0.6 is 22.9 Å². The Hall–Kier alpha value is -2.71. The first-order valence-electron chi connectivity index (χ1n) is 10.2. The molecule has 0 spiro atoms. The molecule has 7 nitrogen and oxygen atoms in total. The predicted octanol–water partition coefficient (Wildman–Crippen LogP) is 3.93. The largest absolute Gasteiger partial charge is 0.341 e. The van der Waals surface area contributed by atoms with Gasteiger partial charge in [0.2, 0.25) is 5.91 Å². The Morgan fingerprint density at radius 3 is 2.74 bits per heavy atom. The highest BCUT2D eigenvalue weighted by Gasteiger charge is 2.23. The monoisotopic (exact) mass is 458 g/mol. The number of fused-ring (bicyclic) bond motifs is 1. The van der Waals surface area contributed by atoms with E-state index in [9.17, 15) is 14.4 Å². The molecular formula is C22H23ClN4O3S. The van der Waals surface area contributed by atoms with E-state index >= 15 is 0 Å². The summed E-state index contributed by atoms with van der Waals surface area (Å²) in [6.07, 6.45) is 3.49. The van der Waals surface area contributed by atoms with Gasteiger partial charge in [-0.3, -0.25) is 19.0 Å². The standard InChI is InChI=1S/C22H23ClN4O3S/c1-13-4-3-9-26(10-13)17(28)11-27-12-24-21-18(22(27)30)14(2)19(31-21)20(29)25-16-7-5-15(23)6-8-16/h5-8,12-13H,3-4,9-11H2,1-2H3,(H,25,29)/t13-/m0/s1. The Kier molecular flexibility index (Phi) is 6.11. The molecule has 0 radical (unpaired) electrons.